The van der Waals surface area contributed by atoms with Gasteiger partial charge in [-0.15, -0.1) is 0 Å². The first-order valence-electron chi connectivity index (χ1n) is 5.52. The number of aliphatic carboxylic acids is 4. The second-order valence-corrected chi connectivity index (χ2v) is 4.00. The first-order chi connectivity index (χ1) is 9.20. The molecule has 0 aromatic rings. The van der Waals surface area contributed by atoms with Gasteiger partial charge in [0.05, 0.1) is 26.2 Å². The number of nitrogens with zero attached hydrogens (tertiary/aromatic N) is 2. The summed E-state index contributed by atoms with van der Waals surface area (Å²) < 4.78 is 0. The molecule has 134 valence electrons. The average Bonchev–Trinajstić information content (AvgIpc) is 2.22. The van der Waals surface area contributed by atoms with Crippen molar-refractivity contribution in [2.75, 3.05) is 39.3 Å². The Bertz CT molecular complexity index is 327. The molecule has 23 heavy (non-hydrogen) atoms. The van der Waals surface area contributed by atoms with E-state index in [9.17, 15) is 19.2 Å². The van der Waals surface area contributed by atoms with Crippen molar-refractivity contribution in [1.29, 1.82) is 0 Å². The van der Waals surface area contributed by atoms with Gasteiger partial charge in [-0.25, -0.2) is 0 Å². The Hall–Kier alpha value is -0.709. The van der Waals surface area contributed by atoms with E-state index in [2.05, 4.69) is 0 Å². The van der Waals surface area contributed by atoms with E-state index < -0.39 is 50.1 Å². The quantitative estimate of drug-likeness (QED) is 0.172. The molecule has 0 atom stereocenters. The van der Waals surface area contributed by atoms with E-state index in [1.807, 2.05) is 0 Å². The van der Waals surface area contributed by atoms with Crippen LogP contribution >= 0.6 is 0 Å². The predicted molar refractivity (Wildman–Crippen MR) is 82.0 cm³/mol. The molecule has 0 saturated carbocycles. The fourth-order valence-corrected chi connectivity index (χ4v) is 1.48. The van der Waals surface area contributed by atoms with Crippen LogP contribution in [0.4, 0.5) is 0 Å². The summed E-state index contributed by atoms with van der Waals surface area (Å²) in [5, 5.41) is 34.5. The monoisotopic (exact) mass is 466 g/mol. The van der Waals surface area contributed by atoms with Gasteiger partial charge in [-0.3, -0.25) is 29.0 Å². The normalized spacial score (nSPS) is 9.30. The SMILES string of the molecule is N.N.O=C(O)CN(CCN(CC(=O)O)CC(=O)O)CC(=O)O.[BaH2]. The van der Waals surface area contributed by atoms with Gasteiger partial charge >= 0.3 is 72.8 Å². The molecule has 0 aliphatic rings. The van der Waals surface area contributed by atoms with Crippen LogP contribution in [0.3, 0.4) is 0 Å². The number of carbonyl (C=O) groups is 4. The summed E-state index contributed by atoms with van der Waals surface area (Å²) in [5.41, 5.74) is 0. The molecule has 0 radical (unpaired) electrons. The molecule has 0 saturated heterocycles. The molecule has 0 aromatic heterocycles. The van der Waals surface area contributed by atoms with Gasteiger partial charge in [0.25, 0.3) is 0 Å². The summed E-state index contributed by atoms with van der Waals surface area (Å²) in [6.07, 6.45) is 0. The first kappa shape index (κ1) is 30.2. The van der Waals surface area contributed by atoms with Crippen LogP contribution in [-0.2, 0) is 19.2 Å². The molecular weight excluding hydrogens is 441 g/mol. The van der Waals surface area contributed by atoms with Crippen LogP contribution in [0, 0.1) is 0 Å². The van der Waals surface area contributed by atoms with Gasteiger partial charge in [0, 0.05) is 13.1 Å². The summed E-state index contributed by atoms with van der Waals surface area (Å²) in [7, 11) is 0. The Labute approximate surface area is 172 Å². The molecule has 12 nitrogen and oxygen atoms in total. The molecule has 13 heteroatoms. The molecule has 0 rings (SSSR count). The van der Waals surface area contributed by atoms with Crippen molar-refractivity contribution in [1.82, 2.24) is 22.1 Å². The second kappa shape index (κ2) is 16.2. The van der Waals surface area contributed by atoms with Gasteiger partial charge in [-0.1, -0.05) is 0 Å². The van der Waals surface area contributed by atoms with Crippen molar-refractivity contribution in [3.05, 3.63) is 0 Å². The van der Waals surface area contributed by atoms with E-state index in [0.717, 1.165) is 9.80 Å². The Kier molecular flexibility index (Phi) is 21.2. The zero-order valence-corrected chi connectivity index (χ0v) is 12.0. The van der Waals surface area contributed by atoms with Crippen LogP contribution in [-0.4, -0.2) is 142 Å². The van der Waals surface area contributed by atoms with E-state index >= 15 is 0 Å². The number of carboxylic acids is 4. The molecule has 0 fully saturated rings. The first-order valence-corrected chi connectivity index (χ1v) is 5.52. The van der Waals surface area contributed by atoms with Crippen LogP contribution in [0.2, 0.25) is 0 Å². The summed E-state index contributed by atoms with van der Waals surface area (Å²) in [4.78, 5) is 44.4. The molecule has 0 aliphatic heterocycles. The standard InChI is InChI=1S/C10H16N2O8.Ba.2H3N.2H/c13-7(14)3-11(4-8(15)16)1-2-12(5-9(17)18)6-10(19)20;;;;;/h1-6H2,(H,13,14)(H,15,16)(H,17,18)(H,19,20);;2*1H3;;. The van der Waals surface area contributed by atoms with Crippen molar-refractivity contribution in [3.63, 3.8) is 0 Å². The maximum atomic E-state index is 10.6. The number of rotatable bonds is 11. The van der Waals surface area contributed by atoms with Crippen LogP contribution in [0.25, 0.3) is 0 Å². The molecule has 0 aliphatic carbocycles. The van der Waals surface area contributed by atoms with Crippen molar-refractivity contribution >= 4 is 72.8 Å². The van der Waals surface area contributed by atoms with E-state index in [1.165, 1.54) is 0 Å². The Morgan fingerprint density at radius 2 is 0.739 bits per heavy atom. The topological polar surface area (TPSA) is 226 Å². The van der Waals surface area contributed by atoms with Crippen LogP contribution in [0.5, 0.6) is 0 Å². The third kappa shape index (κ3) is 19.2. The van der Waals surface area contributed by atoms with Crippen LogP contribution in [0.15, 0.2) is 0 Å². The summed E-state index contributed by atoms with van der Waals surface area (Å²) in [5.74, 6) is -4.91. The van der Waals surface area contributed by atoms with Gasteiger partial charge in [-0.2, -0.15) is 0 Å². The van der Waals surface area contributed by atoms with Crippen molar-refractivity contribution in [3.8, 4) is 0 Å². The van der Waals surface area contributed by atoms with Crippen LogP contribution < -0.4 is 12.3 Å². The Balaban J connectivity index is -0.000000602. The third-order valence-electron chi connectivity index (χ3n) is 2.17. The van der Waals surface area contributed by atoms with Crippen molar-refractivity contribution in [2.45, 2.75) is 0 Å². The van der Waals surface area contributed by atoms with Gasteiger partial charge in [0.2, 0.25) is 0 Å². The number of hydrogen-bond acceptors (Lipinski definition) is 8. The second-order valence-electron chi connectivity index (χ2n) is 4.00. The molecule has 0 bridgehead atoms. The predicted octanol–water partition coefficient (Wildman–Crippen LogP) is -2.66. The fraction of sp³-hybridized carbons (Fsp3) is 0.600. The average molecular weight is 466 g/mol. The molecule has 0 amide bonds. The molecule has 0 aromatic carbocycles. The number of hydrogen-bond donors (Lipinski definition) is 6. The zero-order valence-electron chi connectivity index (χ0n) is 12.0. The third-order valence-corrected chi connectivity index (χ3v) is 2.17. The van der Waals surface area contributed by atoms with Crippen LogP contribution in [0.1, 0.15) is 0 Å². The minimum atomic E-state index is -1.23. The Morgan fingerprint density at radius 3 is 0.870 bits per heavy atom. The van der Waals surface area contributed by atoms with Gasteiger partial charge in [0.15, 0.2) is 0 Å². The van der Waals surface area contributed by atoms with Gasteiger partial charge < -0.3 is 32.7 Å². The van der Waals surface area contributed by atoms with E-state index in [4.69, 9.17) is 20.4 Å². The van der Waals surface area contributed by atoms with E-state index in [-0.39, 0.29) is 74.3 Å². The molecule has 0 spiro atoms. The van der Waals surface area contributed by atoms with E-state index in [0.29, 0.717) is 0 Å². The zero-order chi connectivity index (χ0) is 15.7. The molecule has 0 heterocycles. The van der Waals surface area contributed by atoms with Crippen molar-refractivity contribution in [2.24, 2.45) is 0 Å². The summed E-state index contributed by atoms with van der Waals surface area (Å²) >= 11 is 0. The van der Waals surface area contributed by atoms with Crippen molar-refractivity contribution < 1.29 is 39.6 Å². The number of carboxylic acid groups (broad SMARTS) is 4. The van der Waals surface area contributed by atoms with Gasteiger partial charge in [0.1, 0.15) is 0 Å². The molecule has 0 unspecified atom stereocenters. The summed E-state index contributed by atoms with van der Waals surface area (Å²) in [6.45, 7) is -2.25. The molecular formula is C10H24BaN4O8. The summed E-state index contributed by atoms with van der Waals surface area (Å²) in [6, 6.07) is 0. The maximum absolute atomic E-state index is 10.6. The molecule has 10 N–H and O–H groups in total. The minimum absolute atomic E-state index is 0. The van der Waals surface area contributed by atoms with Gasteiger partial charge in [-0.05, 0) is 0 Å². The fourth-order valence-electron chi connectivity index (χ4n) is 1.48. The Morgan fingerprint density at radius 1 is 0.565 bits per heavy atom. The van der Waals surface area contributed by atoms with E-state index in [1.54, 1.807) is 0 Å².